The minimum atomic E-state index is -3.75. The van der Waals surface area contributed by atoms with E-state index in [-0.39, 0.29) is 36.5 Å². The predicted molar refractivity (Wildman–Crippen MR) is 148 cm³/mol. The molecule has 3 aromatic carbocycles. The topological polar surface area (TPSA) is 87.2 Å². The van der Waals surface area contributed by atoms with Crippen LogP contribution in [0.4, 0.5) is 0 Å². The Morgan fingerprint density at radius 3 is 2.37 bits per heavy atom. The number of benzene rings is 3. The Kier molecular flexibility index (Phi) is 8.67. The third-order valence-electron chi connectivity index (χ3n) is 7.23. The van der Waals surface area contributed by atoms with Gasteiger partial charge >= 0.3 is 0 Å². The summed E-state index contributed by atoms with van der Waals surface area (Å²) in [4.78, 5) is 15.8. The van der Waals surface area contributed by atoms with Gasteiger partial charge in [-0.05, 0) is 54.3 Å². The van der Waals surface area contributed by atoms with Crippen molar-refractivity contribution in [3.05, 3.63) is 89.5 Å². The molecule has 0 bridgehead atoms. The van der Waals surface area contributed by atoms with E-state index >= 15 is 0 Å². The summed E-state index contributed by atoms with van der Waals surface area (Å²) < 4.78 is 34.5. The van der Waals surface area contributed by atoms with Crippen LogP contribution in [-0.2, 0) is 21.4 Å². The first-order chi connectivity index (χ1) is 18.1. The highest BCUT2D eigenvalue weighted by Crippen LogP contribution is 2.31. The average Bonchev–Trinajstić information content (AvgIpc) is 2.94. The van der Waals surface area contributed by atoms with E-state index in [1.165, 1.54) is 4.31 Å². The fourth-order valence-electron chi connectivity index (χ4n) is 4.86. The average molecular weight is 537 g/mol. The van der Waals surface area contributed by atoms with Crippen LogP contribution in [0.1, 0.15) is 35.3 Å². The second-order valence-electron chi connectivity index (χ2n) is 10.1. The van der Waals surface area contributed by atoms with Gasteiger partial charge in [-0.3, -0.25) is 4.79 Å². The zero-order chi connectivity index (χ0) is 27.4. The minimum Gasteiger partial charge on any atom is -0.394 e. The lowest BCUT2D eigenvalue weighted by Crippen LogP contribution is -2.47. The van der Waals surface area contributed by atoms with Crippen molar-refractivity contribution in [1.29, 1.82) is 0 Å². The van der Waals surface area contributed by atoms with Gasteiger partial charge in [0, 0.05) is 31.6 Å². The van der Waals surface area contributed by atoms with E-state index in [1.807, 2.05) is 75.4 Å². The third kappa shape index (κ3) is 5.83. The van der Waals surface area contributed by atoms with Crippen LogP contribution >= 0.6 is 0 Å². The summed E-state index contributed by atoms with van der Waals surface area (Å²) in [5, 5.41) is 9.99. The van der Waals surface area contributed by atoms with E-state index in [4.69, 9.17) is 4.74 Å². The van der Waals surface area contributed by atoms with Gasteiger partial charge < -0.3 is 14.7 Å². The molecule has 0 aliphatic carbocycles. The maximum Gasteiger partial charge on any atom is 0.254 e. The molecule has 4 rings (SSSR count). The van der Waals surface area contributed by atoms with Crippen LogP contribution in [0.25, 0.3) is 11.1 Å². The first-order valence-corrected chi connectivity index (χ1v) is 14.3. The fourth-order valence-corrected chi connectivity index (χ4v) is 6.15. The Balaban J connectivity index is 1.73. The largest absolute Gasteiger partial charge is 0.394 e. The van der Waals surface area contributed by atoms with Gasteiger partial charge in [0.05, 0.1) is 30.3 Å². The molecule has 1 N–H and O–H groups in total. The van der Waals surface area contributed by atoms with E-state index in [0.717, 1.165) is 22.3 Å². The van der Waals surface area contributed by atoms with Gasteiger partial charge in [0.25, 0.3) is 5.91 Å². The van der Waals surface area contributed by atoms with Crippen LogP contribution in [0.2, 0.25) is 0 Å². The van der Waals surface area contributed by atoms with Crippen LogP contribution in [0.5, 0.6) is 0 Å². The molecule has 3 atom stereocenters. The number of hydrogen-bond acceptors (Lipinski definition) is 5. The molecule has 1 amide bonds. The van der Waals surface area contributed by atoms with Crippen molar-refractivity contribution in [3.8, 4) is 11.1 Å². The number of aliphatic hydroxyl groups is 1. The molecule has 7 nitrogen and oxygen atoms in total. The monoisotopic (exact) mass is 536 g/mol. The van der Waals surface area contributed by atoms with Crippen molar-refractivity contribution in [1.82, 2.24) is 9.21 Å². The lowest BCUT2D eigenvalue weighted by molar-refractivity contribution is -0.0146. The summed E-state index contributed by atoms with van der Waals surface area (Å²) in [5.41, 5.74) is 4.03. The molecule has 202 valence electrons. The Hall–Kier alpha value is -3.04. The molecule has 1 heterocycles. The Morgan fingerprint density at radius 2 is 1.68 bits per heavy atom. The number of carbonyl (C=O) groups excluding carboxylic acids is 1. The number of ether oxygens (including phenoxy) is 1. The third-order valence-corrected chi connectivity index (χ3v) is 9.05. The number of rotatable bonds is 6. The van der Waals surface area contributed by atoms with E-state index in [1.54, 1.807) is 30.1 Å². The van der Waals surface area contributed by atoms with Gasteiger partial charge in [-0.1, -0.05) is 61.5 Å². The molecule has 0 aromatic heterocycles. The maximum atomic E-state index is 13.9. The molecular formula is C30H36N2O5S. The number of fused-ring (bicyclic) bond motifs is 3. The number of amides is 1. The Bertz CT molecular complexity index is 1390. The summed E-state index contributed by atoms with van der Waals surface area (Å²) in [7, 11) is -2.19. The van der Waals surface area contributed by atoms with E-state index in [9.17, 15) is 18.3 Å². The highest BCUT2D eigenvalue weighted by atomic mass is 32.2. The van der Waals surface area contributed by atoms with Gasteiger partial charge in [-0.2, -0.15) is 4.31 Å². The zero-order valence-corrected chi connectivity index (χ0v) is 23.2. The standard InChI is InChI=1S/C30H36N2O5S/c1-21-10-9-12-25(16-21)38(35,36)31(4)18-29-22(2)17-32(23(3)19-33)30(34)28-15-8-7-14-27(28)26-13-6-5-11-24(26)20-37-29/h5-16,22-23,29,33H,17-20H2,1-4H3/t22-,23+,29-/m1/s1. The lowest BCUT2D eigenvalue weighted by atomic mass is 9.94. The van der Waals surface area contributed by atoms with Gasteiger partial charge in [0.15, 0.2) is 0 Å². The highest BCUT2D eigenvalue weighted by molar-refractivity contribution is 7.89. The molecule has 0 unspecified atom stereocenters. The number of likely N-dealkylation sites (N-methyl/N-ethyl adjacent to an activating group) is 1. The number of aryl methyl sites for hydroxylation is 1. The SMILES string of the molecule is Cc1cccc(S(=O)(=O)N(C)C[C@H]2OCc3ccccc3-c3ccccc3C(=O)N([C@@H](C)CO)C[C@H]2C)c1. The Labute approximate surface area is 225 Å². The molecule has 0 saturated carbocycles. The molecule has 1 aliphatic heterocycles. The molecular weight excluding hydrogens is 500 g/mol. The fraction of sp³-hybridized carbons (Fsp3) is 0.367. The van der Waals surface area contributed by atoms with Crippen LogP contribution in [0.15, 0.2) is 77.7 Å². The van der Waals surface area contributed by atoms with Gasteiger partial charge in [-0.15, -0.1) is 0 Å². The van der Waals surface area contributed by atoms with Gasteiger partial charge in [0.2, 0.25) is 10.0 Å². The summed E-state index contributed by atoms with van der Waals surface area (Å²) in [6, 6.07) is 21.7. The van der Waals surface area contributed by atoms with Crippen LogP contribution in [0, 0.1) is 12.8 Å². The van der Waals surface area contributed by atoms with Crippen molar-refractivity contribution in [2.45, 2.75) is 44.4 Å². The van der Waals surface area contributed by atoms with E-state index < -0.39 is 22.2 Å². The minimum absolute atomic E-state index is 0.113. The van der Waals surface area contributed by atoms with Crippen LogP contribution in [0.3, 0.4) is 0 Å². The molecule has 38 heavy (non-hydrogen) atoms. The molecule has 0 spiro atoms. The van der Waals surface area contributed by atoms with Crippen LogP contribution in [-0.4, -0.2) is 67.5 Å². The number of hydrogen-bond donors (Lipinski definition) is 1. The first-order valence-electron chi connectivity index (χ1n) is 12.9. The van der Waals surface area contributed by atoms with Crippen molar-refractivity contribution >= 4 is 15.9 Å². The molecule has 8 heteroatoms. The molecule has 0 radical (unpaired) electrons. The maximum absolute atomic E-state index is 13.9. The van der Waals surface area contributed by atoms with E-state index in [0.29, 0.717) is 12.1 Å². The number of carbonyl (C=O) groups is 1. The summed E-state index contributed by atoms with van der Waals surface area (Å²) >= 11 is 0. The van der Waals surface area contributed by atoms with Crippen molar-refractivity contribution in [3.63, 3.8) is 0 Å². The van der Waals surface area contributed by atoms with Gasteiger partial charge in [0.1, 0.15) is 0 Å². The van der Waals surface area contributed by atoms with Crippen molar-refractivity contribution in [2.24, 2.45) is 5.92 Å². The lowest BCUT2D eigenvalue weighted by Gasteiger charge is -2.35. The van der Waals surface area contributed by atoms with Gasteiger partial charge in [-0.25, -0.2) is 8.42 Å². The number of aliphatic hydroxyl groups excluding tert-OH is 1. The number of sulfonamides is 1. The second-order valence-corrected chi connectivity index (χ2v) is 12.2. The normalized spacial score (nSPS) is 19.4. The summed E-state index contributed by atoms with van der Waals surface area (Å²) in [6.45, 7) is 6.11. The highest BCUT2D eigenvalue weighted by Gasteiger charge is 2.32. The molecule has 3 aromatic rings. The second kappa shape index (κ2) is 11.8. The first kappa shape index (κ1) is 28.0. The van der Waals surface area contributed by atoms with E-state index in [2.05, 4.69) is 0 Å². The zero-order valence-electron chi connectivity index (χ0n) is 22.4. The Morgan fingerprint density at radius 1 is 1.03 bits per heavy atom. The predicted octanol–water partition coefficient (Wildman–Crippen LogP) is 4.34. The summed E-state index contributed by atoms with van der Waals surface area (Å²) in [5.74, 6) is -0.397. The van der Waals surface area contributed by atoms with Crippen molar-refractivity contribution < 1.29 is 23.1 Å². The van der Waals surface area contributed by atoms with Crippen molar-refractivity contribution in [2.75, 3.05) is 26.7 Å². The molecule has 0 fully saturated rings. The van der Waals surface area contributed by atoms with Crippen LogP contribution < -0.4 is 0 Å². The molecule has 0 saturated heterocycles. The quantitative estimate of drug-likeness (QED) is 0.507. The number of nitrogens with zero attached hydrogens (tertiary/aromatic N) is 2. The summed E-state index contributed by atoms with van der Waals surface area (Å²) in [6.07, 6.45) is -0.505. The molecule has 1 aliphatic rings. The smallest absolute Gasteiger partial charge is 0.254 e.